The second kappa shape index (κ2) is 4.24. The summed E-state index contributed by atoms with van der Waals surface area (Å²) in [6, 6.07) is 0.236. The van der Waals surface area contributed by atoms with Gasteiger partial charge in [0.1, 0.15) is 0 Å². The summed E-state index contributed by atoms with van der Waals surface area (Å²) in [6.45, 7) is 4.84. The maximum Gasteiger partial charge on any atom is 0.225 e. The zero-order chi connectivity index (χ0) is 8.97. The summed E-state index contributed by atoms with van der Waals surface area (Å²) < 4.78 is 0. The summed E-state index contributed by atoms with van der Waals surface area (Å²) in [5, 5.41) is 2.85. The molecule has 0 radical (unpaired) electrons. The largest absolute Gasteiger partial charge is 0.354 e. The summed E-state index contributed by atoms with van der Waals surface area (Å²) >= 11 is 0. The van der Waals surface area contributed by atoms with Crippen molar-refractivity contribution in [1.29, 1.82) is 0 Å². The molecular formula is C9H16N2O. The fourth-order valence-corrected chi connectivity index (χ4v) is 1.30. The van der Waals surface area contributed by atoms with Gasteiger partial charge < -0.3 is 5.32 Å². The van der Waals surface area contributed by atoms with E-state index in [2.05, 4.69) is 10.3 Å². The van der Waals surface area contributed by atoms with Crippen LogP contribution in [0.1, 0.15) is 33.1 Å². The highest BCUT2D eigenvalue weighted by molar-refractivity contribution is 6.01. The van der Waals surface area contributed by atoms with Crippen molar-refractivity contribution >= 4 is 11.6 Å². The molecule has 0 spiro atoms. The normalized spacial score (nSPS) is 16.4. The van der Waals surface area contributed by atoms with E-state index in [4.69, 9.17) is 0 Å². The quantitative estimate of drug-likeness (QED) is 0.674. The SMILES string of the molecule is CC(C)NC(=O)CC1=NCCC1. The van der Waals surface area contributed by atoms with E-state index in [0.29, 0.717) is 6.42 Å². The molecule has 3 heteroatoms. The first-order valence-electron chi connectivity index (χ1n) is 4.50. The molecule has 0 aromatic heterocycles. The van der Waals surface area contributed by atoms with Gasteiger partial charge in [-0.2, -0.15) is 0 Å². The minimum Gasteiger partial charge on any atom is -0.354 e. The second-order valence-electron chi connectivity index (χ2n) is 3.45. The molecule has 3 nitrogen and oxygen atoms in total. The first kappa shape index (κ1) is 9.23. The van der Waals surface area contributed by atoms with Gasteiger partial charge >= 0.3 is 0 Å². The number of carbonyl (C=O) groups is 1. The molecule has 0 saturated heterocycles. The molecule has 0 aliphatic carbocycles. The van der Waals surface area contributed by atoms with Crippen LogP contribution in [0.5, 0.6) is 0 Å². The Morgan fingerprint density at radius 1 is 1.67 bits per heavy atom. The van der Waals surface area contributed by atoms with Crippen LogP contribution in [0, 0.1) is 0 Å². The van der Waals surface area contributed by atoms with Gasteiger partial charge in [0.25, 0.3) is 0 Å². The van der Waals surface area contributed by atoms with Crippen molar-refractivity contribution in [3.8, 4) is 0 Å². The van der Waals surface area contributed by atoms with Crippen LogP contribution in [-0.2, 0) is 4.79 Å². The summed E-state index contributed by atoms with van der Waals surface area (Å²) in [6.07, 6.45) is 2.62. The van der Waals surface area contributed by atoms with E-state index in [9.17, 15) is 4.79 Å². The minimum absolute atomic E-state index is 0.102. The molecule has 12 heavy (non-hydrogen) atoms. The highest BCUT2D eigenvalue weighted by Crippen LogP contribution is 2.06. The summed E-state index contributed by atoms with van der Waals surface area (Å²) in [5.74, 6) is 0.102. The lowest BCUT2D eigenvalue weighted by Crippen LogP contribution is -2.31. The van der Waals surface area contributed by atoms with Crippen LogP contribution in [0.3, 0.4) is 0 Å². The molecule has 0 aromatic rings. The van der Waals surface area contributed by atoms with Crippen molar-refractivity contribution in [1.82, 2.24) is 5.32 Å². The van der Waals surface area contributed by atoms with Crippen molar-refractivity contribution in [2.45, 2.75) is 39.2 Å². The van der Waals surface area contributed by atoms with Crippen LogP contribution in [0.15, 0.2) is 4.99 Å². The minimum atomic E-state index is 0.102. The Labute approximate surface area is 73.3 Å². The first-order chi connectivity index (χ1) is 5.68. The van der Waals surface area contributed by atoms with E-state index < -0.39 is 0 Å². The number of carbonyl (C=O) groups excluding carboxylic acids is 1. The highest BCUT2D eigenvalue weighted by atomic mass is 16.1. The Balaban J connectivity index is 2.26. The monoisotopic (exact) mass is 168 g/mol. The predicted molar refractivity (Wildman–Crippen MR) is 49.4 cm³/mol. The van der Waals surface area contributed by atoms with E-state index in [0.717, 1.165) is 25.1 Å². The van der Waals surface area contributed by atoms with Gasteiger partial charge in [-0.1, -0.05) is 0 Å². The molecule has 0 atom stereocenters. The van der Waals surface area contributed by atoms with Crippen molar-refractivity contribution < 1.29 is 4.79 Å². The molecule has 0 saturated carbocycles. The fraction of sp³-hybridized carbons (Fsp3) is 0.778. The average Bonchev–Trinajstić information content (AvgIpc) is 2.37. The number of hydrogen-bond donors (Lipinski definition) is 1. The fourth-order valence-electron chi connectivity index (χ4n) is 1.30. The summed E-state index contributed by atoms with van der Waals surface area (Å²) in [4.78, 5) is 15.5. The predicted octanol–water partition coefficient (Wildman–Crippen LogP) is 1.14. The van der Waals surface area contributed by atoms with Crippen molar-refractivity contribution in [3.63, 3.8) is 0 Å². The van der Waals surface area contributed by atoms with Gasteiger partial charge in [-0.15, -0.1) is 0 Å². The molecule has 0 bridgehead atoms. The van der Waals surface area contributed by atoms with E-state index in [1.54, 1.807) is 0 Å². The van der Waals surface area contributed by atoms with Gasteiger partial charge in [0.2, 0.25) is 5.91 Å². The molecule has 1 rings (SSSR count). The Bertz CT molecular complexity index is 197. The molecule has 1 heterocycles. The van der Waals surface area contributed by atoms with Crippen LogP contribution >= 0.6 is 0 Å². The van der Waals surface area contributed by atoms with Gasteiger partial charge in [0, 0.05) is 18.3 Å². The van der Waals surface area contributed by atoms with Crippen LogP contribution in [0.2, 0.25) is 0 Å². The van der Waals surface area contributed by atoms with Gasteiger partial charge in [0.05, 0.1) is 6.42 Å². The Hall–Kier alpha value is -0.860. The van der Waals surface area contributed by atoms with Crippen LogP contribution in [-0.4, -0.2) is 24.2 Å². The Morgan fingerprint density at radius 2 is 2.42 bits per heavy atom. The van der Waals surface area contributed by atoms with Gasteiger partial charge in [-0.05, 0) is 26.7 Å². The zero-order valence-corrected chi connectivity index (χ0v) is 7.76. The van der Waals surface area contributed by atoms with Gasteiger partial charge in [-0.3, -0.25) is 9.79 Å². The van der Waals surface area contributed by atoms with Crippen molar-refractivity contribution in [3.05, 3.63) is 0 Å². The average molecular weight is 168 g/mol. The molecule has 1 amide bonds. The molecule has 0 unspecified atom stereocenters. The number of nitrogens with one attached hydrogen (secondary N) is 1. The molecule has 0 aromatic carbocycles. The third kappa shape index (κ3) is 3.03. The van der Waals surface area contributed by atoms with E-state index in [-0.39, 0.29) is 11.9 Å². The standard InChI is InChI=1S/C9H16N2O/c1-7(2)11-9(12)6-8-4-3-5-10-8/h7H,3-6H2,1-2H3,(H,11,12). The van der Waals surface area contributed by atoms with E-state index in [1.807, 2.05) is 13.8 Å². The van der Waals surface area contributed by atoms with Crippen LogP contribution in [0.4, 0.5) is 0 Å². The maximum absolute atomic E-state index is 11.2. The number of aliphatic imine (C=N–C) groups is 1. The van der Waals surface area contributed by atoms with Crippen LogP contribution in [0.25, 0.3) is 0 Å². The molecular weight excluding hydrogens is 152 g/mol. The molecule has 1 aliphatic heterocycles. The topological polar surface area (TPSA) is 41.5 Å². The lowest BCUT2D eigenvalue weighted by molar-refractivity contribution is -0.120. The van der Waals surface area contributed by atoms with Gasteiger partial charge in [-0.25, -0.2) is 0 Å². The zero-order valence-electron chi connectivity index (χ0n) is 7.76. The van der Waals surface area contributed by atoms with E-state index in [1.165, 1.54) is 0 Å². The second-order valence-corrected chi connectivity index (χ2v) is 3.45. The maximum atomic E-state index is 11.2. The van der Waals surface area contributed by atoms with Crippen molar-refractivity contribution in [2.75, 3.05) is 6.54 Å². The third-order valence-corrected chi connectivity index (χ3v) is 1.77. The number of rotatable bonds is 3. The van der Waals surface area contributed by atoms with E-state index >= 15 is 0 Å². The number of amides is 1. The lowest BCUT2D eigenvalue weighted by Gasteiger charge is -2.07. The first-order valence-corrected chi connectivity index (χ1v) is 4.50. The van der Waals surface area contributed by atoms with Crippen molar-refractivity contribution in [2.24, 2.45) is 4.99 Å². The lowest BCUT2D eigenvalue weighted by atomic mass is 10.2. The number of hydrogen-bond acceptors (Lipinski definition) is 2. The highest BCUT2D eigenvalue weighted by Gasteiger charge is 2.11. The number of nitrogens with zero attached hydrogens (tertiary/aromatic N) is 1. The van der Waals surface area contributed by atoms with Crippen LogP contribution < -0.4 is 5.32 Å². The van der Waals surface area contributed by atoms with Gasteiger partial charge in [0.15, 0.2) is 0 Å². The molecule has 1 N–H and O–H groups in total. The molecule has 68 valence electrons. The molecule has 1 aliphatic rings. The third-order valence-electron chi connectivity index (χ3n) is 1.77. The Kier molecular flexibility index (Phi) is 3.26. The summed E-state index contributed by atoms with van der Waals surface area (Å²) in [5.41, 5.74) is 1.06. The molecule has 0 fully saturated rings. The Morgan fingerprint density at radius 3 is 2.92 bits per heavy atom. The smallest absolute Gasteiger partial charge is 0.225 e. The summed E-state index contributed by atoms with van der Waals surface area (Å²) in [7, 11) is 0.